The Bertz CT molecular complexity index is 213. The van der Waals surface area contributed by atoms with E-state index in [-0.39, 0.29) is 0 Å². The molecule has 1 saturated carbocycles. The first-order chi connectivity index (χ1) is 7.34. The van der Waals surface area contributed by atoms with E-state index in [0.717, 1.165) is 5.92 Å². The van der Waals surface area contributed by atoms with E-state index in [0.29, 0.717) is 6.04 Å². The van der Waals surface area contributed by atoms with E-state index in [1.54, 1.807) is 5.57 Å². The van der Waals surface area contributed by atoms with Gasteiger partial charge >= 0.3 is 0 Å². The van der Waals surface area contributed by atoms with Crippen LogP contribution >= 0.6 is 0 Å². The number of rotatable bonds is 2. The second-order valence-corrected chi connectivity index (χ2v) is 5.44. The normalized spacial score (nSPS) is 29.7. The van der Waals surface area contributed by atoms with Crippen LogP contribution in [0.25, 0.3) is 0 Å². The maximum Gasteiger partial charge on any atom is 0.0226 e. The van der Waals surface area contributed by atoms with Crippen molar-refractivity contribution in [2.24, 2.45) is 11.7 Å². The first-order valence-electron chi connectivity index (χ1n) is 6.80. The van der Waals surface area contributed by atoms with Gasteiger partial charge in [0.1, 0.15) is 0 Å². The summed E-state index contributed by atoms with van der Waals surface area (Å²) in [5.41, 5.74) is 7.73. The van der Waals surface area contributed by atoms with Gasteiger partial charge in [-0.05, 0) is 31.6 Å². The molecule has 0 heterocycles. The summed E-state index contributed by atoms with van der Waals surface area (Å²) in [4.78, 5) is 0. The van der Waals surface area contributed by atoms with Gasteiger partial charge in [-0.15, -0.1) is 0 Å². The second-order valence-electron chi connectivity index (χ2n) is 5.44. The minimum Gasteiger partial charge on any atom is -0.324 e. The lowest BCUT2D eigenvalue weighted by Crippen LogP contribution is -2.16. The van der Waals surface area contributed by atoms with E-state index < -0.39 is 0 Å². The zero-order chi connectivity index (χ0) is 10.5. The van der Waals surface area contributed by atoms with Crippen LogP contribution in [0.5, 0.6) is 0 Å². The lowest BCUT2D eigenvalue weighted by molar-refractivity contribution is 0.353. The molecule has 0 aromatic carbocycles. The Hall–Kier alpha value is -0.300. The van der Waals surface area contributed by atoms with Crippen molar-refractivity contribution in [1.29, 1.82) is 0 Å². The van der Waals surface area contributed by atoms with Crippen LogP contribution in [0.15, 0.2) is 11.6 Å². The third-order valence-corrected chi connectivity index (χ3v) is 4.01. The van der Waals surface area contributed by atoms with E-state index >= 15 is 0 Å². The summed E-state index contributed by atoms with van der Waals surface area (Å²) >= 11 is 0. The summed E-state index contributed by atoms with van der Waals surface area (Å²) in [6.45, 7) is 0. The molecule has 0 radical (unpaired) electrons. The Balaban J connectivity index is 1.85. The average molecular weight is 207 g/mol. The van der Waals surface area contributed by atoms with Crippen LogP contribution in [0, 0.1) is 5.92 Å². The SMILES string of the molecule is NC1C=C(CC2CCCCC2)CCCC1. The molecule has 0 saturated heterocycles. The molecule has 1 nitrogen and oxygen atoms in total. The molecule has 0 aromatic heterocycles. The highest BCUT2D eigenvalue weighted by atomic mass is 14.6. The van der Waals surface area contributed by atoms with Crippen molar-refractivity contribution in [3.8, 4) is 0 Å². The first kappa shape index (κ1) is 11.2. The number of allylic oxidation sites excluding steroid dienone is 1. The van der Waals surface area contributed by atoms with Gasteiger partial charge in [0, 0.05) is 6.04 Å². The summed E-state index contributed by atoms with van der Waals surface area (Å²) in [7, 11) is 0. The van der Waals surface area contributed by atoms with E-state index in [9.17, 15) is 0 Å². The van der Waals surface area contributed by atoms with Gasteiger partial charge in [0.2, 0.25) is 0 Å². The van der Waals surface area contributed by atoms with Gasteiger partial charge in [0.15, 0.2) is 0 Å². The Morgan fingerprint density at radius 2 is 1.73 bits per heavy atom. The molecule has 86 valence electrons. The van der Waals surface area contributed by atoms with E-state index in [4.69, 9.17) is 5.73 Å². The summed E-state index contributed by atoms with van der Waals surface area (Å²) in [5.74, 6) is 0.982. The fraction of sp³-hybridized carbons (Fsp3) is 0.857. The summed E-state index contributed by atoms with van der Waals surface area (Å²) in [5, 5.41) is 0. The highest BCUT2D eigenvalue weighted by Crippen LogP contribution is 2.31. The molecular weight excluding hydrogens is 182 g/mol. The smallest absolute Gasteiger partial charge is 0.0226 e. The molecule has 0 aromatic rings. The number of hydrogen-bond acceptors (Lipinski definition) is 1. The standard InChI is InChI=1S/C14H25N/c15-14-9-5-4-8-13(11-14)10-12-6-2-1-3-7-12/h11-12,14H,1-10,15H2. The van der Waals surface area contributed by atoms with Crippen LogP contribution < -0.4 is 5.73 Å². The Labute approximate surface area is 94.1 Å². The summed E-state index contributed by atoms with van der Waals surface area (Å²) in [6.07, 6.45) is 16.3. The van der Waals surface area contributed by atoms with Gasteiger partial charge in [0.25, 0.3) is 0 Å². The molecule has 0 bridgehead atoms. The molecule has 1 fully saturated rings. The second kappa shape index (κ2) is 5.69. The molecule has 0 amide bonds. The molecule has 2 aliphatic rings. The molecule has 0 aliphatic heterocycles. The zero-order valence-electron chi connectivity index (χ0n) is 9.88. The van der Waals surface area contributed by atoms with Gasteiger partial charge in [-0.2, -0.15) is 0 Å². The lowest BCUT2D eigenvalue weighted by Gasteiger charge is -2.22. The molecule has 0 spiro atoms. The summed E-state index contributed by atoms with van der Waals surface area (Å²) in [6, 6.07) is 0.353. The Morgan fingerprint density at radius 1 is 1.00 bits per heavy atom. The number of hydrogen-bond donors (Lipinski definition) is 1. The molecule has 2 N–H and O–H groups in total. The number of nitrogens with two attached hydrogens (primary N) is 1. The van der Waals surface area contributed by atoms with Crippen LogP contribution in [0.1, 0.15) is 64.2 Å². The fourth-order valence-electron chi connectivity index (χ4n) is 3.13. The van der Waals surface area contributed by atoms with Crippen molar-refractivity contribution in [1.82, 2.24) is 0 Å². The van der Waals surface area contributed by atoms with E-state index in [2.05, 4.69) is 6.08 Å². The molecule has 15 heavy (non-hydrogen) atoms. The topological polar surface area (TPSA) is 26.0 Å². The third-order valence-electron chi connectivity index (χ3n) is 4.01. The maximum atomic E-state index is 6.05. The van der Waals surface area contributed by atoms with Crippen LogP contribution in [0.4, 0.5) is 0 Å². The lowest BCUT2D eigenvalue weighted by atomic mass is 9.84. The summed E-state index contributed by atoms with van der Waals surface area (Å²) < 4.78 is 0. The quantitative estimate of drug-likeness (QED) is 0.685. The fourth-order valence-corrected chi connectivity index (χ4v) is 3.13. The van der Waals surface area contributed by atoms with Gasteiger partial charge in [-0.25, -0.2) is 0 Å². The molecule has 2 rings (SSSR count). The van der Waals surface area contributed by atoms with Gasteiger partial charge in [-0.3, -0.25) is 0 Å². The molecule has 1 atom stereocenters. The zero-order valence-corrected chi connectivity index (χ0v) is 9.88. The molecule has 2 aliphatic carbocycles. The van der Waals surface area contributed by atoms with E-state index in [1.165, 1.54) is 64.2 Å². The highest BCUT2D eigenvalue weighted by molar-refractivity contribution is 5.09. The maximum absolute atomic E-state index is 6.05. The van der Waals surface area contributed by atoms with Gasteiger partial charge in [0.05, 0.1) is 0 Å². The molecule has 1 heteroatoms. The molecule has 1 unspecified atom stereocenters. The first-order valence-corrected chi connectivity index (χ1v) is 6.80. The highest BCUT2D eigenvalue weighted by Gasteiger charge is 2.16. The van der Waals surface area contributed by atoms with Crippen molar-refractivity contribution in [2.45, 2.75) is 70.3 Å². The molecular formula is C14H25N. The van der Waals surface area contributed by atoms with Crippen LogP contribution in [0.2, 0.25) is 0 Å². The van der Waals surface area contributed by atoms with Gasteiger partial charge in [-0.1, -0.05) is 50.2 Å². The van der Waals surface area contributed by atoms with Crippen molar-refractivity contribution >= 4 is 0 Å². The van der Waals surface area contributed by atoms with Crippen molar-refractivity contribution in [2.75, 3.05) is 0 Å². The largest absolute Gasteiger partial charge is 0.324 e. The predicted octanol–water partition coefficient (Wildman–Crippen LogP) is 3.78. The van der Waals surface area contributed by atoms with Crippen LogP contribution in [-0.2, 0) is 0 Å². The van der Waals surface area contributed by atoms with Crippen molar-refractivity contribution in [3.05, 3.63) is 11.6 Å². The average Bonchev–Trinajstić information content (AvgIpc) is 2.44. The minimum atomic E-state index is 0.353. The minimum absolute atomic E-state index is 0.353. The van der Waals surface area contributed by atoms with E-state index in [1.807, 2.05) is 0 Å². The Morgan fingerprint density at radius 3 is 2.53 bits per heavy atom. The van der Waals surface area contributed by atoms with Crippen molar-refractivity contribution < 1.29 is 0 Å². The van der Waals surface area contributed by atoms with Crippen LogP contribution in [-0.4, -0.2) is 6.04 Å². The van der Waals surface area contributed by atoms with Crippen molar-refractivity contribution in [3.63, 3.8) is 0 Å². The third kappa shape index (κ3) is 3.64. The van der Waals surface area contributed by atoms with Crippen LogP contribution in [0.3, 0.4) is 0 Å². The Kier molecular flexibility index (Phi) is 4.25. The van der Waals surface area contributed by atoms with Gasteiger partial charge < -0.3 is 5.73 Å². The predicted molar refractivity (Wildman–Crippen MR) is 65.7 cm³/mol. The monoisotopic (exact) mass is 207 g/mol.